The van der Waals surface area contributed by atoms with Crippen molar-refractivity contribution in [1.82, 2.24) is 0 Å². The van der Waals surface area contributed by atoms with E-state index < -0.39 is 5.97 Å². The maximum atomic E-state index is 10.4. The predicted molar refractivity (Wildman–Crippen MR) is 59.9 cm³/mol. The number of rotatable bonds is 2. The lowest BCUT2D eigenvalue weighted by atomic mass is 10.2. The van der Waals surface area contributed by atoms with Gasteiger partial charge in [0.25, 0.3) is 0 Å². The normalized spacial score (nSPS) is 13.2. The van der Waals surface area contributed by atoms with Gasteiger partial charge in [0.15, 0.2) is 0 Å². The van der Waals surface area contributed by atoms with Crippen LogP contribution in [-0.4, -0.2) is 31.4 Å². The first-order chi connectivity index (χ1) is 7.63. The molecule has 0 amide bonds. The Balaban J connectivity index is 0.000000212. The summed E-state index contributed by atoms with van der Waals surface area (Å²) in [7, 11) is 1.50. The Kier molecular flexibility index (Phi) is 4.54. The third-order valence-electron chi connectivity index (χ3n) is 1.93. The highest BCUT2D eigenvalue weighted by atomic mass is 16.5. The zero-order chi connectivity index (χ0) is 12.0. The van der Waals surface area contributed by atoms with E-state index >= 15 is 0 Å². The molecule has 0 unspecified atom stereocenters. The SMILES string of the molecule is C=C1COC1.COc1cccc(C(=O)O)c1. The summed E-state index contributed by atoms with van der Waals surface area (Å²) in [5.74, 6) is -0.381. The standard InChI is InChI=1S/C8H8O3.C4H6O/c1-11-7-4-2-3-6(5-7)8(9)10;1-4-2-5-3-4/h2-5H,1H3,(H,9,10);1-3H2. The van der Waals surface area contributed by atoms with Gasteiger partial charge in [-0.25, -0.2) is 4.79 Å². The molecular formula is C12H14O4. The molecule has 1 saturated heterocycles. The van der Waals surface area contributed by atoms with Gasteiger partial charge in [0.05, 0.1) is 25.9 Å². The van der Waals surface area contributed by atoms with Gasteiger partial charge >= 0.3 is 5.97 Å². The summed E-state index contributed by atoms with van der Waals surface area (Å²) in [5, 5.41) is 8.55. The smallest absolute Gasteiger partial charge is 0.335 e. The van der Waals surface area contributed by atoms with Crippen LogP contribution in [-0.2, 0) is 4.74 Å². The third-order valence-corrected chi connectivity index (χ3v) is 1.93. The minimum atomic E-state index is -0.941. The molecule has 0 radical (unpaired) electrons. The molecule has 4 nitrogen and oxygen atoms in total. The van der Waals surface area contributed by atoms with Crippen LogP contribution in [0, 0.1) is 0 Å². The fourth-order valence-electron chi connectivity index (χ4n) is 1.00. The quantitative estimate of drug-likeness (QED) is 0.777. The van der Waals surface area contributed by atoms with Crippen molar-refractivity contribution in [3.05, 3.63) is 42.0 Å². The molecule has 0 aliphatic carbocycles. The number of ether oxygens (including phenoxy) is 2. The summed E-state index contributed by atoms with van der Waals surface area (Å²) in [6.07, 6.45) is 0. The minimum Gasteiger partial charge on any atom is -0.497 e. The number of carboxylic acids is 1. The van der Waals surface area contributed by atoms with Gasteiger partial charge in [-0.2, -0.15) is 0 Å². The van der Waals surface area contributed by atoms with E-state index in [9.17, 15) is 4.79 Å². The molecular weight excluding hydrogens is 208 g/mol. The van der Waals surface area contributed by atoms with Crippen molar-refractivity contribution in [3.8, 4) is 5.75 Å². The number of carboxylic acid groups (broad SMARTS) is 1. The van der Waals surface area contributed by atoms with E-state index in [1.165, 1.54) is 24.8 Å². The van der Waals surface area contributed by atoms with Crippen LogP contribution in [0.25, 0.3) is 0 Å². The molecule has 0 spiro atoms. The highest BCUT2D eigenvalue weighted by Crippen LogP contribution is 2.11. The van der Waals surface area contributed by atoms with Crippen molar-refractivity contribution >= 4 is 5.97 Å². The minimum absolute atomic E-state index is 0.240. The molecule has 86 valence electrons. The van der Waals surface area contributed by atoms with Gasteiger partial charge in [-0.3, -0.25) is 0 Å². The van der Waals surface area contributed by atoms with Crippen LogP contribution in [0.15, 0.2) is 36.4 Å². The van der Waals surface area contributed by atoms with Crippen LogP contribution in [0.5, 0.6) is 5.75 Å². The zero-order valence-corrected chi connectivity index (χ0v) is 9.10. The Labute approximate surface area is 94.1 Å². The molecule has 1 aliphatic heterocycles. The predicted octanol–water partition coefficient (Wildman–Crippen LogP) is 1.97. The van der Waals surface area contributed by atoms with E-state index in [1.54, 1.807) is 12.1 Å². The fraction of sp³-hybridized carbons (Fsp3) is 0.250. The lowest BCUT2D eigenvalue weighted by molar-refractivity contribution is 0.0696. The number of benzene rings is 1. The number of methoxy groups -OCH3 is 1. The van der Waals surface area contributed by atoms with Crippen molar-refractivity contribution in [2.24, 2.45) is 0 Å². The number of hydrogen-bond acceptors (Lipinski definition) is 3. The first-order valence-corrected chi connectivity index (χ1v) is 4.75. The van der Waals surface area contributed by atoms with Crippen LogP contribution in [0.3, 0.4) is 0 Å². The Morgan fingerprint density at radius 1 is 1.50 bits per heavy atom. The first kappa shape index (κ1) is 12.3. The van der Waals surface area contributed by atoms with E-state index in [-0.39, 0.29) is 5.56 Å². The largest absolute Gasteiger partial charge is 0.497 e. The molecule has 1 N–H and O–H groups in total. The summed E-state index contributed by atoms with van der Waals surface area (Å²) in [6, 6.07) is 6.34. The van der Waals surface area contributed by atoms with Gasteiger partial charge in [0.2, 0.25) is 0 Å². The molecule has 4 heteroatoms. The van der Waals surface area contributed by atoms with Crippen molar-refractivity contribution < 1.29 is 19.4 Å². The topological polar surface area (TPSA) is 55.8 Å². The van der Waals surface area contributed by atoms with Crippen LogP contribution in [0.4, 0.5) is 0 Å². The molecule has 0 bridgehead atoms. The van der Waals surface area contributed by atoms with Gasteiger partial charge < -0.3 is 14.6 Å². The highest BCUT2D eigenvalue weighted by Gasteiger charge is 2.02. The number of hydrogen-bond donors (Lipinski definition) is 1. The number of carbonyl (C=O) groups is 1. The maximum Gasteiger partial charge on any atom is 0.335 e. The second-order valence-corrected chi connectivity index (χ2v) is 3.28. The Morgan fingerprint density at radius 3 is 2.50 bits per heavy atom. The Morgan fingerprint density at radius 2 is 2.12 bits per heavy atom. The molecule has 1 aromatic rings. The van der Waals surface area contributed by atoms with E-state index in [4.69, 9.17) is 14.6 Å². The monoisotopic (exact) mass is 222 g/mol. The maximum absolute atomic E-state index is 10.4. The molecule has 1 fully saturated rings. The molecule has 1 aromatic carbocycles. The van der Waals surface area contributed by atoms with Crippen LogP contribution in [0.1, 0.15) is 10.4 Å². The second-order valence-electron chi connectivity index (χ2n) is 3.28. The summed E-state index contributed by atoms with van der Waals surface area (Å²) < 4.78 is 9.58. The van der Waals surface area contributed by atoms with Gasteiger partial charge in [-0.1, -0.05) is 12.6 Å². The molecule has 1 heterocycles. The summed E-state index contributed by atoms with van der Waals surface area (Å²) in [4.78, 5) is 10.4. The molecule has 2 rings (SSSR count). The van der Waals surface area contributed by atoms with Gasteiger partial charge in [0, 0.05) is 0 Å². The lowest BCUT2D eigenvalue weighted by Crippen LogP contribution is -2.13. The van der Waals surface area contributed by atoms with Gasteiger partial charge in [-0.15, -0.1) is 0 Å². The van der Waals surface area contributed by atoms with Crippen LogP contribution in [0.2, 0.25) is 0 Å². The van der Waals surface area contributed by atoms with E-state index in [1.807, 2.05) is 0 Å². The Bertz CT molecular complexity index is 378. The van der Waals surface area contributed by atoms with Gasteiger partial charge in [-0.05, 0) is 23.8 Å². The van der Waals surface area contributed by atoms with Crippen LogP contribution < -0.4 is 4.74 Å². The van der Waals surface area contributed by atoms with Crippen molar-refractivity contribution in [3.63, 3.8) is 0 Å². The second kappa shape index (κ2) is 5.92. The summed E-state index contributed by atoms with van der Waals surface area (Å²) in [5.41, 5.74) is 1.45. The van der Waals surface area contributed by atoms with E-state index in [0.717, 1.165) is 13.2 Å². The molecule has 1 aliphatic rings. The fourth-order valence-corrected chi connectivity index (χ4v) is 1.00. The highest BCUT2D eigenvalue weighted by molar-refractivity contribution is 5.87. The molecule has 0 saturated carbocycles. The van der Waals surface area contributed by atoms with Gasteiger partial charge in [0.1, 0.15) is 5.75 Å². The zero-order valence-electron chi connectivity index (χ0n) is 9.10. The van der Waals surface area contributed by atoms with Crippen molar-refractivity contribution in [1.29, 1.82) is 0 Å². The lowest BCUT2D eigenvalue weighted by Gasteiger charge is -2.14. The third kappa shape index (κ3) is 3.74. The number of aromatic carboxylic acids is 1. The van der Waals surface area contributed by atoms with E-state index in [2.05, 4.69) is 6.58 Å². The van der Waals surface area contributed by atoms with Crippen LogP contribution >= 0.6 is 0 Å². The summed E-state index contributed by atoms with van der Waals surface area (Å²) in [6.45, 7) is 5.22. The van der Waals surface area contributed by atoms with Crippen molar-refractivity contribution in [2.45, 2.75) is 0 Å². The van der Waals surface area contributed by atoms with E-state index in [0.29, 0.717) is 5.75 Å². The average molecular weight is 222 g/mol. The Hall–Kier alpha value is -1.81. The molecule has 0 atom stereocenters. The van der Waals surface area contributed by atoms with Crippen molar-refractivity contribution in [2.75, 3.05) is 20.3 Å². The average Bonchev–Trinajstić information content (AvgIpc) is 2.27. The molecule has 16 heavy (non-hydrogen) atoms. The first-order valence-electron chi connectivity index (χ1n) is 4.75. The summed E-state index contributed by atoms with van der Waals surface area (Å²) >= 11 is 0. The molecule has 0 aromatic heterocycles.